The standard InChI is InChI=1S/C17H21F3N2O2/c1-2-10-24-13-16(23)12-21-6-8-22(9-7-21)15-5-3-4-14(11-15)17(18,19)20/h1,3-5,11,16,23H,6-10,12-13H2/t16-/m0/s1. The van der Waals surface area contributed by atoms with Crippen LogP contribution in [-0.2, 0) is 10.9 Å². The predicted molar refractivity (Wildman–Crippen MR) is 85.8 cm³/mol. The molecule has 0 bridgehead atoms. The number of terminal acetylenes is 1. The number of anilines is 1. The highest BCUT2D eigenvalue weighted by atomic mass is 19.4. The van der Waals surface area contributed by atoms with Crippen molar-refractivity contribution in [3.05, 3.63) is 29.8 Å². The van der Waals surface area contributed by atoms with E-state index < -0.39 is 17.8 Å². The zero-order chi connectivity index (χ0) is 17.6. The first-order valence-electron chi connectivity index (χ1n) is 7.74. The molecule has 1 aromatic carbocycles. The average Bonchev–Trinajstić information content (AvgIpc) is 2.55. The summed E-state index contributed by atoms with van der Waals surface area (Å²) in [5.74, 6) is 2.33. The quantitative estimate of drug-likeness (QED) is 0.632. The van der Waals surface area contributed by atoms with E-state index in [1.165, 1.54) is 12.1 Å². The maximum absolute atomic E-state index is 12.8. The lowest BCUT2D eigenvalue weighted by Crippen LogP contribution is -2.49. The van der Waals surface area contributed by atoms with E-state index in [9.17, 15) is 18.3 Å². The molecule has 0 aliphatic carbocycles. The van der Waals surface area contributed by atoms with Crippen molar-refractivity contribution in [1.29, 1.82) is 0 Å². The van der Waals surface area contributed by atoms with Crippen molar-refractivity contribution in [2.75, 3.05) is 50.8 Å². The normalized spacial score (nSPS) is 17.5. The molecule has 1 aliphatic rings. The zero-order valence-corrected chi connectivity index (χ0v) is 13.3. The second-order valence-corrected chi connectivity index (χ2v) is 5.71. The molecule has 132 valence electrons. The maximum atomic E-state index is 12.8. The number of ether oxygens (including phenoxy) is 1. The molecule has 0 amide bonds. The van der Waals surface area contributed by atoms with E-state index in [1.54, 1.807) is 6.07 Å². The van der Waals surface area contributed by atoms with Crippen molar-refractivity contribution in [2.45, 2.75) is 12.3 Å². The number of aliphatic hydroxyl groups excluding tert-OH is 1. The topological polar surface area (TPSA) is 35.9 Å². The molecule has 7 heteroatoms. The van der Waals surface area contributed by atoms with Crippen LogP contribution in [0.3, 0.4) is 0 Å². The first kappa shape index (κ1) is 18.6. The van der Waals surface area contributed by atoms with E-state index >= 15 is 0 Å². The van der Waals surface area contributed by atoms with Gasteiger partial charge in [0.05, 0.1) is 18.3 Å². The molecule has 1 heterocycles. The molecular formula is C17H21F3N2O2. The van der Waals surface area contributed by atoms with Crippen LogP contribution >= 0.6 is 0 Å². The van der Waals surface area contributed by atoms with Gasteiger partial charge in [0, 0.05) is 38.4 Å². The van der Waals surface area contributed by atoms with Gasteiger partial charge in [-0.2, -0.15) is 13.2 Å². The van der Waals surface area contributed by atoms with Gasteiger partial charge in [-0.25, -0.2) is 0 Å². The van der Waals surface area contributed by atoms with Gasteiger partial charge in [-0.05, 0) is 18.2 Å². The molecule has 1 aliphatic heterocycles. The Morgan fingerprint density at radius 3 is 2.58 bits per heavy atom. The third-order valence-corrected chi connectivity index (χ3v) is 3.88. The van der Waals surface area contributed by atoms with Crippen LogP contribution in [0.5, 0.6) is 0 Å². The van der Waals surface area contributed by atoms with Crippen molar-refractivity contribution >= 4 is 5.69 Å². The molecule has 0 radical (unpaired) electrons. The third kappa shape index (κ3) is 5.41. The van der Waals surface area contributed by atoms with E-state index in [0.29, 0.717) is 38.4 Å². The summed E-state index contributed by atoms with van der Waals surface area (Å²) in [5, 5.41) is 9.86. The van der Waals surface area contributed by atoms with Crippen molar-refractivity contribution in [3.8, 4) is 12.3 Å². The number of benzene rings is 1. The molecule has 1 N–H and O–H groups in total. The Morgan fingerprint density at radius 1 is 1.25 bits per heavy atom. The summed E-state index contributed by atoms with van der Waals surface area (Å²) >= 11 is 0. The Hall–Kier alpha value is -1.75. The second-order valence-electron chi connectivity index (χ2n) is 5.71. The minimum Gasteiger partial charge on any atom is -0.389 e. The summed E-state index contributed by atoms with van der Waals surface area (Å²) in [5.41, 5.74) is -0.0640. The molecule has 1 atom stereocenters. The largest absolute Gasteiger partial charge is 0.416 e. The van der Waals surface area contributed by atoms with Gasteiger partial charge < -0.3 is 14.7 Å². The monoisotopic (exact) mass is 342 g/mol. The number of alkyl halides is 3. The highest BCUT2D eigenvalue weighted by Gasteiger charge is 2.31. The molecule has 1 saturated heterocycles. The predicted octanol–water partition coefficient (Wildman–Crippen LogP) is 1.84. The van der Waals surface area contributed by atoms with Crippen molar-refractivity contribution < 1.29 is 23.0 Å². The van der Waals surface area contributed by atoms with Crippen LogP contribution in [-0.4, -0.2) is 62.0 Å². The molecule has 0 unspecified atom stereocenters. The van der Waals surface area contributed by atoms with Gasteiger partial charge in [0.25, 0.3) is 0 Å². The van der Waals surface area contributed by atoms with Gasteiger partial charge in [-0.3, -0.25) is 4.90 Å². The Balaban J connectivity index is 1.84. The Labute approximate surface area is 139 Å². The first-order chi connectivity index (χ1) is 11.4. The molecular weight excluding hydrogens is 321 g/mol. The summed E-state index contributed by atoms with van der Waals surface area (Å²) in [6.07, 6.45) is 0.105. The Kier molecular flexibility index (Phi) is 6.49. The number of hydrogen-bond acceptors (Lipinski definition) is 4. The van der Waals surface area contributed by atoms with Gasteiger partial charge in [-0.1, -0.05) is 12.0 Å². The van der Waals surface area contributed by atoms with Crippen LogP contribution in [0.15, 0.2) is 24.3 Å². The number of aliphatic hydroxyl groups is 1. The summed E-state index contributed by atoms with van der Waals surface area (Å²) in [6, 6.07) is 5.37. The first-order valence-corrected chi connectivity index (χ1v) is 7.74. The molecule has 4 nitrogen and oxygen atoms in total. The van der Waals surface area contributed by atoms with Gasteiger partial charge in [0.2, 0.25) is 0 Å². The minimum atomic E-state index is -4.33. The van der Waals surface area contributed by atoms with Gasteiger partial charge in [0.1, 0.15) is 6.61 Å². The number of piperazine rings is 1. The van der Waals surface area contributed by atoms with Crippen molar-refractivity contribution in [3.63, 3.8) is 0 Å². The van der Waals surface area contributed by atoms with Crippen LogP contribution in [0, 0.1) is 12.3 Å². The minimum absolute atomic E-state index is 0.167. The van der Waals surface area contributed by atoms with Crippen LogP contribution in [0.25, 0.3) is 0 Å². The number of rotatable bonds is 6. The lowest BCUT2D eigenvalue weighted by molar-refractivity contribution is -0.137. The molecule has 0 aromatic heterocycles. The molecule has 24 heavy (non-hydrogen) atoms. The van der Waals surface area contributed by atoms with E-state index in [-0.39, 0.29) is 13.2 Å². The molecule has 1 aromatic rings. The lowest BCUT2D eigenvalue weighted by Gasteiger charge is -2.37. The highest BCUT2D eigenvalue weighted by molar-refractivity contribution is 5.49. The lowest BCUT2D eigenvalue weighted by atomic mass is 10.1. The van der Waals surface area contributed by atoms with E-state index in [2.05, 4.69) is 10.8 Å². The Bertz CT molecular complexity index is 564. The highest BCUT2D eigenvalue weighted by Crippen LogP contribution is 2.31. The number of β-amino-alcohol motifs (C(OH)–C–C–N with tert-alkyl or cyclic N) is 1. The van der Waals surface area contributed by atoms with Crippen LogP contribution in [0.4, 0.5) is 18.9 Å². The fraction of sp³-hybridized carbons (Fsp3) is 0.529. The average molecular weight is 342 g/mol. The van der Waals surface area contributed by atoms with Gasteiger partial charge >= 0.3 is 6.18 Å². The molecule has 0 saturated carbocycles. The smallest absolute Gasteiger partial charge is 0.389 e. The van der Waals surface area contributed by atoms with Gasteiger partial charge in [-0.15, -0.1) is 6.42 Å². The molecule has 1 fully saturated rings. The summed E-state index contributed by atoms with van der Waals surface area (Å²) < 4.78 is 43.5. The van der Waals surface area contributed by atoms with Crippen molar-refractivity contribution in [1.82, 2.24) is 4.90 Å². The fourth-order valence-electron chi connectivity index (χ4n) is 2.67. The van der Waals surface area contributed by atoms with Crippen LogP contribution < -0.4 is 4.90 Å². The zero-order valence-electron chi connectivity index (χ0n) is 13.3. The van der Waals surface area contributed by atoms with E-state index in [1.807, 2.05) is 4.90 Å². The van der Waals surface area contributed by atoms with Crippen LogP contribution in [0.2, 0.25) is 0 Å². The number of halogens is 3. The maximum Gasteiger partial charge on any atom is 0.416 e. The van der Waals surface area contributed by atoms with E-state index in [4.69, 9.17) is 11.2 Å². The summed E-state index contributed by atoms with van der Waals surface area (Å²) in [4.78, 5) is 3.99. The Morgan fingerprint density at radius 2 is 1.96 bits per heavy atom. The summed E-state index contributed by atoms with van der Waals surface area (Å²) in [6.45, 7) is 3.36. The van der Waals surface area contributed by atoms with E-state index in [0.717, 1.165) is 6.07 Å². The molecule has 0 spiro atoms. The SMILES string of the molecule is C#CCOC[C@@H](O)CN1CCN(c2cccc(C(F)(F)F)c2)CC1. The second kappa shape index (κ2) is 8.38. The summed E-state index contributed by atoms with van der Waals surface area (Å²) in [7, 11) is 0. The van der Waals surface area contributed by atoms with Crippen molar-refractivity contribution in [2.24, 2.45) is 0 Å². The number of hydrogen-bond donors (Lipinski definition) is 1. The third-order valence-electron chi connectivity index (χ3n) is 3.88. The number of nitrogens with zero attached hydrogens (tertiary/aromatic N) is 2. The molecule has 2 rings (SSSR count). The fourth-order valence-corrected chi connectivity index (χ4v) is 2.67. The van der Waals surface area contributed by atoms with Gasteiger partial charge in [0.15, 0.2) is 0 Å². The van der Waals surface area contributed by atoms with Crippen LogP contribution in [0.1, 0.15) is 5.56 Å².